The lowest BCUT2D eigenvalue weighted by Gasteiger charge is -2.29. The molecule has 3 nitrogen and oxygen atoms in total. The molecule has 0 bridgehead atoms. The van der Waals surface area contributed by atoms with E-state index in [1.165, 1.54) is 6.42 Å². The molecule has 0 aliphatic heterocycles. The Morgan fingerprint density at radius 1 is 1.21 bits per heavy atom. The molecule has 0 N–H and O–H groups in total. The topological polar surface area (TPSA) is 49.6 Å². The zero-order chi connectivity index (χ0) is 9.86. The smallest absolute Gasteiger partial charge is 0.101 e. The Bertz CT molecular complexity index is 333. The normalized spacial score (nSPS) is 19.9. The van der Waals surface area contributed by atoms with Gasteiger partial charge in [-0.1, -0.05) is 19.3 Å². The van der Waals surface area contributed by atoms with Gasteiger partial charge in [-0.25, -0.2) is 0 Å². The number of nitriles is 1. The maximum atomic E-state index is 9.28. The maximum absolute atomic E-state index is 9.28. The minimum atomic E-state index is -0.355. The summed E-state index contributed by atoms with van der Waals surface area (Å²) in [5, 5.41) is 9.28. The van der Waals surface area contributed by atoms with E-state index in [4.69, 9.17) is 0 Å². The van der Waals surface area contributed by atoms with Gasteiger partial charge in [0.05, 0.1) is 11.8 Å². The van der Waals surface area contributed by atoms with E-state index in [-0.39, 0.29) is 5.41 Å². The van der Waals surface area contributed by atoms with E-state index in [1.807, 2.05) is 0 Å². The summed E-state index contributed by atoms with van der Waals surface area (Å²) < 4.78 is 0. The predicted molar refractivity (Wildman–Crippen MR) is 52.4 cm³/mol. The summed E-state index contributed by atoms with van der Waals surface area (Å²) in [7, 11) is 0. The highest BCUT2D eigenvalue weighted by Crippen LogP contribution is 2.37. The standard InChI is InChI=1S/C11H13N3/c12-9-11(4-2-1-3-5-11)10-8-13-6-7-14-10/h6-8H,1-5H2. The van der Waals surface area contributed by atoms with Crippen molar-refractivity contribution in [2.45, 2.75) is 37.5 Å². The van der Waals surface area contributed by atoms with Crippen molar-refractivity contribution < 1.29 is 0 Å². The minimum absolute atomic E-state index is 0.355. The van der Waals surface area contributed by atoms with Crippen LogP contribution < -0.4 is 0 Å². The van der Waals surface area contributed by atoms with Gasteiger partial charge in [-0.15, -0.1) is 0 Å². The molecule has 3 heteroatoms. The van der Waals surface area contributed by atoms with Gasteiger partial charge in [-0.2, -0.15) is 5.26 Å². The van der Waals surface area contributed by atoms with Gasteiger partial charge in [0.2, 0.25) is 0 Å². The molecule has 1 saturated carbocycles. The fourth-order valence-electron chi connectivity index (χ4n) is 2.13. The Balaban J connectivity index is 2.33. The van der Waals surface area contributed by atoms with Gasteiger partial charge in [0.1, 0.15) is 5.41 Å². The van der Waals surface area contributed by atoms with Crippen molar-refractivity contribution in [2.75, 3.05) is 0 Å². The van der Waals surface area contributed by atoms with Gasteiger partial charge in [0, 0.05) is 18.6 Å². The molecule has 0 amide bonds. The third kappa shape index (κ3) is 1.48. The largest absolute Gasteiger partial charge is 0.261 e. The summed E-state index contributed by atoms with van der Waals surface area (Å²) in [6, 6.07) is 2.43. The molecular formula is C11H13N3. The lowest BCUT2D eigenvalue weighted by atomic mass is 9.73. The Labute approximate surface area is 83.8 Å². The van der Waals surface area contributed by atoms with Gasteiger partial charge in [-0.05, 0) is 12.8 Å². The molecule has 2 rings (SSSR count). The van der Waals surface area contributed by atoms with Crippen LogP contribution in [-0.2, 0) is 5.41 Å². The van der Waals surface area contributed by atoms with Gasteiger partial charge < -0.3 is 0 Å². The molecular weight excluding hydrogens is 174 g/mol. The fraction of sp³-hybridized carbons (Fsp3) is 0.545. The molecule has 1 heterocycles. The molecule has 0 atom stereocenters. The highest BCUT2D eigenvalue weighted by atomic mass is 14.8. The van der Waals surface area contributed by atoms with Crippen LogP contribution in [0.15, 0.2) is 18.6 Å². The third-order valence-electron chi connectivity index (χ3n) is 2.97. The van der Waals surface area contributed by atoms with Crippen molar-refractivity contribution >= 4 is 0 Å². The van der Waals surface area contributed by atoms with E-state index in [0.29, 0.717) is 0 Å². The Morgan fingerprint density at radius 2 is 2.00 bits per heavy atom. The van der Waals surface area contributed by atoms with Gasteiger partial charge in [-0.3, -0.25) is 9.97 Å². The highest BCUT2D eigenvalue weighted by Gasteiger charge is 2.35. The Morgan fingerprint density at radius 3 is 2.57 bits per heavy atom. The summed E-state index contributed by atoms with van der Waals surface area (Å²) in [6.07, 6.45) is 10.4. The molecule has 1 aromatic rings. The van der Waals surface area contributed by atoms with Crippen LogP contribution in [0.2, 0.25) is 0 Å². The first kappa shape index (κ1) is 9.14. The average molecular weight is 187 g/mol. The van der Waals surface area contributed by atoms with Crippen LogP contribution in [0, 0.1) is 11.3 Å². The molecule has 0 saturated heterocycles. The van der Waals surface area contributed by atoms with Crippen molar-refractivity contribution in [1.82, 2.24) is 9.97 Å². The lowest BCUT2D eigenvalue weighted by molar-refractivity contribution is 0.357. The van der Waals surface area contributed by atoms with Crippen LogP contribution in [0.1, 0.15) is 37.8 Å². The maximum Gasteiger partial charge on any atom is 0.101 e. The molecule has 1 aliphatic carbocycles. The molecule has 1 fully saturated rings. The number of hydrogen-bond acceptors (Lipinski definition) is 3. The predicted octanol–water partition coefficient (Wildman–Crippen LogP) is 2.20. The van der Waals surface area contributed by atoms with Crippen molar-refractivity contribution in [3.05, 3.63) is 24.3 Å². The second kappa shape index (κ2) is 3.75. The number of nitrogens with zero attached hydrogens (tertiary/aromatic N) is 3. The van der Waals surface area contributed by atoms with E-state index in [9.17, 15) is 5.26 Å². The monoisotopic (exact) mass is 187 g/mol. The quantitative estimate of drug-likeness (QED) is 0.677. The van der Waals surface area contributed by atoms with E-state index in [0.717, 1.165) is 31.4 Å². The summed E-state index contributed by atoms with van der Waals surface area (Å²) in [5.74, 6) is 0. The Hall–Kier alpha value is -1.43. The van der Waals surface area contributed by atoms with E-state index < -0.39 is 0 Å². The van der Waals surface area contributed by atoms with E-state index in [2.05, 4.69) is 16.0 Å². The zero-order valence-electron chi connectivity index (χ0n) is 8.11. The number of hydrogen-bond donors (Lipinski definition) is 0. The van der Waals surface area contributed by atoms with Crippen molar-refractivity contribution in [3.8, 4) is 6.07 Å². The van der Waals surface area contributed by atoms with E-state index in [1.54, 1.807) is 18.6 Å². The summed E-state index contributed by atoms with van der Waals surface area (Å²) >= 11 is 0. The summed E-state index contributed by atoms with van der Waals surface area (Å²) in [6.45, 7) is 0. The van der Waals surface area contributed by atoms with Crippen molar-refractivity contribution in [2.24, 2.45) is 0 Å². The first-order chi connectivity index (χ1) is 6.87. The molecule has 0 aromatic carbocycles. The van der Waals surface area contributed by atoms with Crippen LogP contribution in [0.5, 0.6) is 0 Å². The average Bonchev–Trinajstić information content (AvgIpc) is 2.31. The second-order valence-corrected chi connectivity index (χ2v) is 3.85. The summed E-state index contributed by atoms with van der Waals surface area (Å²) in [5.41, 5.74) is 0.495. The SMILES string of the molecule is N#CC1(c2cnccn2)CCCCC1. The van der Waals surface area contributed by atoms with Gasteiger partial charge >= 0.3 is 0 Å². The van der Waals surface area contributed by atoms with Crippen LogP contribution in [0.4, 0.5) is 0 Å². The van der Waals surface area contributed by atoms with Crippen LogP contribution >= 0.6 is 0 Å². The van der Waals surface area contributed by atoms with Crippen molar-refractivity contribution in [1.29, 1.82) is 5.26 Å². The molecule has 0 unspecified atom stereocenters. The van der Waals surface area contributed by atoms with Crippen LogP contribution in [0.25, 0.3) is 0 Å². The molecule has 14 heavy (non-hydrogen) atoms. The first-order valence-corrected chi connectivity index (χ1v) is 5.05. The fourth-order valence-corrected chi connectivity index (χ4v) is 2.13. The lowest BCUT2D eigenvalue weighted by Crippen LogP contribution is -2.28. The van der Waals surface area contributed by atoms with E-state index >= 15 is 0 Å². The first-order valence-electron chi connectivity index (χ1n) is 5.05. The molecule has 1 aromatic heterocycles. The van der Waals surface area contributed by atoms with Crippen molar-refractivity contribution in [3.63, 3.8) is 0 Å². The summed E-state index contributed by atoms with van der Waals surface area (Å²) in [4.78, 5) is 8.30. The second-order valence-electron chi connectivity index (χ2n) is 3.85. The van der Waals surface area contributed by atoms with Gasteiger partial charge in [0.25, 0.3) is 0 Å². The molecule has 72 valence electrons. The molecule has 0 spiro atoms. The number of aromatic nitrogens is 2. The third-order valence-corrected chi connectivity index (χ3v) is 2.97. The Kier molecular flexibility index (Phi) is 2.45. The molecule has 0 radical (unpaired) electrons. The highest BCUT2D eigenvalue weighted by molar-refractivity contribution is 5.24. The van der Waals surface area contributed by atoms with Crippen LogP contribution in [0.3, 0.4) is 0 Å². The van der Waals surface area contributed by atoms with Gasteiger partial charge in [0.15, 0.2) is 0 Å². The zero-order valence-corrected chi connectivity index (χ0v) is 8.11. The number of rotatable bonds is 1. The molecule has 1 aliphatic rings. The van der Waals surface area contributed by atoms with Crippen LogP contribution in [-0.4, -0.2) is 9.97 Å². The minimum Gasteiger partial charge on any atom is -0.261 e.